The SMILES string of the molecule is CC(C)(C)OCC1CCC(COCC2CO2)CC1. The largest absolute Gasteiger partial charge is 0.378 e. The van der Waals surface area contributed by atoms with Crippen LogP contribution in [-0.4, -0.2) is 38.1 Å². The van der Waals surface area contributed by atoms with Crippen LogP contribution in [0.25, 0.3) is 0 Å². The van der Waals surface area contributed by atoms with E-state index in [1.807, 2.05) is 0 Å². The molecular formula is C15H28O3. The highest BCUT2D eigenvalue weighted by Gasteiger charge is 2.25. The first-order valence-electron chi connectivity index (χ1n) is 7.36. The van der Waals surface area contributed by atoms with Gasteiger partial charge in [0.15, 0.2) is 0 Å². The predicted molar refractivity (Wildman–Crippen MR) is 71.7 cm³/mol. The minimum Gasteiger partial charge on any atom is -0.378 e. The van der Waals surface area contributed by atoms with Crippen LogP contribution in [-0.2, 0) is 14.2 Å². The maximum absolute atomic E-state index is 5.88. The van der Waals surface area contributed by atoms with Crippen molar-refractivity contribution in [3.05, 3.63) is 0 Å². The topological polar surface area (TPSA) is 31.0 Å². The van der Waals surface area contributed by atoms with Crippen molar-refractivity contribution in [2.75, 3.05) is 26.4 Å². The molecule has 0 aromatic heterocycles. The summed E-state index contributed by atoms with van der Waals surface area (Å²) in [6, 6.07) is 0. The van der Waals surface area contributed by atoms with Crippen molar-refractivity contribution >= 4 is 0 Å². The summed E-state index contributed by atoms with van der Waals surface area (Å²) < 4.78 is 16.7. The van der Waals surface area contributed by atoms with Crippen molar-refractivity contribution < 1.29 is 14.2 Å². The molecule has 1 unspecified atom stereocenters. The van der Waals surface area contributed by atoms with Crippen LogP contribution in [0.4, 0.5) is 0 Å². The van der Waals surface area contributed by atoms with Crippen molar-refractivity contribution in [3.63, 3.8) is 0 Å². The maximum Gasteiger partial charge on any atom is 0.104 e. The second-order valence-corrected chi connectivity index (χ2v) is 6.80. The zero-order valence-electron chi connectivity index (χ0n) is 12.1. The van der Waals surface area contributed by atoms with E-state index in [2.05, 4.69) is 20.8 Å². The zero-order chi connectivity index (χ0) is 13.0. The van der Waals surface area contributed by atoms with E-state index in [4.69, 9.17) is 14.2 Å². The molecule has 1 heterocycles. The van der Waals surface area contributed by atoms with E-state index in [0.717, 1.165) is 38.3 Å². The molecular weight excluding hydrogens is 228 g/mol. The molecule has 0 aromatic carbocycles. The molecule has 0 bridgehead atoms. The molecule has 1 saturated carbocycles. The quantitative estimate of drug-likeness (QED) is 0.684. The molecule has 1 aliphatic carbocycles. The molecule has 0 spiro atoms. The molecule has 1 aliphatic heterocycles. The minimum absolute atomic E-state index is 0.00419. The zero-order valence-corrected chi connectivity index (χ0v) is 12.1. The third-order valence-corrected chi connectivity index (χ3v) is 3.78. The Morgan fingerprint density at radius 2 is 1.50 bits per heavy atom. The van der Waals surface area contributed by atoms with Gasteiger partial charge in [-0.15, -0.1) is 0 Å². The maximum atomic E-state index is 5.88. The highest BCUT2D eigenvalue weighted by atomic mass is 16.6. The molecule has 0 radical (unpaired) electrons. The standard InChI is InChI=1S/C15H28O3/c1-15(2,3)18-9-13-6-4-12(5-7-13)8-16-10-14-11-17-14/h12-14H,4-11H2,1-3H3. The second kappa shape index (κ2) is 6.36. The molecule has 1 saturated heterocycles. The average Bonchev–Trinajstić information content (AvgIpc) is 3.11. The average molecular weight is 256 g/mol. The van der Waals surface area contributed by atoms with E-state index in [1.54, 1.807) is 0 Å². The van der Waals surface area contributed by atoms with Crippen LogP contribution in [0.15, 0.2) is 0 Å². The summed E-state index contributed by atoms with van der Waals surface area (Å²) in [7, 11) is 0. The van der Waals surface area contributed by atoms with Crippen molar-refractivity contribution in [2.24, 2.45) is 11.8 Å². The lowest BCUT2D eigenvalue weighted by molar-refractivity contribution is -0.0331. The summed E-state index contributed by atoms with van der Waals surface area (Å²) in [6.07, 6.45) is 5.59. The van der Waals surface area contributed by atoms with Crippen molar-refractivity contribution in [3.8, 4) is 0 Å². The van der Waals surface area contributed by atoms with Gasteiger partial charge in [-0.1, -0.05) is 0 Å². The van der Waals surface area contributed by atoms with Crippen LogP contribution in [0, 0.1) is 11.8 Å². The van der Waals surface area contributed by atoms with Gasteiger partial charge in [-0.25, -0.2) is 0 Å². The molecule has 18 heavy (non-hydrogen) atoms. The van der Waals surface area contributed by atoms with Crippen LogP contribution >= 0.6 is 0 Å². The van der Waals surface area contributed by atoms with Gasteiger partial charge in [-0.05, 0) is 58.3 Å². The van der Waals surface area contributed by atoms with E-state index in [9.17, 15) is 0 Å². The smallest absolute Gasteiger partial charge is 0.104 e. The number of hydrogen-bond acceptors (Lipinski definition) is 3. The normalized spacial score (nSPS) is 32.5. The molecule has 3 nitrogen and oxygen atoms in total. The van der Waals surface area contributed by atoms with Crippen molar-refractivity contribution in [2.45, 2.75) is 58.2 Å². The second-order valence-electron chi connectivity index (χ2n) is 6.80. The fourth-order valence-corrected chi connectivity index (χ4v) is 2.46. The summed E-state index contributed by atoms with van der Waals surface area (Å²) in [5.74, 6) is 1.52. The Kier molecular flexibility index (Phi) is 5.05. The van der Waals surface area contributed by atoms with Gasteiger partial charge in [-0.3, -0.25) is 0 Å². The van der Waals surface area contributed by atoms with Gasteiger partial charge in [0.1, 0.15) is 6.10 Å². The molecule has 2 fully saturated rings. The van der Waals surface area contributed by atoms with Crippen LogP contribution in [0.1, 0.15) is 46.5 Å². The summed E-state index contributed by atoms with van der Waals surface area (Å²) >= 11 is 0. The first kappa shape index (κ1) is 14.3. The van der Waals surface area contributed by atoms with Crippen LogP contribution < -0.4 is 0 Å². The van der Waals surface area contributed by atoms with Gasteiger partial charge < -0.3 is 14.2 Å². The molecule has 0 aromatic rings. The summed E-state index contributed by atoms with van der Waals surface area (Å²) in [4.78, 5) is 0. The Morgan fingerprint density at radius 3 is 2.00 bits per heavy atom. The number of hydrogen-bond donors (Lipinski definition) is 0. The molecule has 0 amide bonds. The molecule has 0 N–H and O–H groups in total. The van der Waals surface area contributed by atoms with Crippen LogP contribution in [0.2, 0.25) is 0 Å². The van der Waals surface area contributed by atoms with Crippen molar-refractivity contribution in [1.29, 1.82) is 0 Å². The Bertz CT molecular complexity index is 235. The predicted octanol–water partition coefficient (Wildman–Crippen LogP) is 3.02. The molecule has 106 valence electrons. The van der Waals surface area contributed by atoms with Gasteiger partial charge >= 0.3 is 0 Å². The fraction of sp³-hybridized carbons (Fsp3) is 1.00. The monoisotopic (exact) mass is 256 g/mol. The van der Waals surface area contributed by atoms with E-state index >= 15 is 0 Å². The van der Waals surface area contributed by atoms with Gasteiger partial charge in [0.2, 0.25) is 0 Å². The number of rotatable bonds is 6. The van der Waals surface area contributed by atoms with Gasteiger partial charge in [0.05, 0.1) is 25.4 Å². The van der Waals surface area contributed by atoms with Gasteiger partial charge in [0, 0.05) is 6.61 Å². The van der Waals surface area contributed by atoms with E-state index in [0.29, 0.717) is 6.10 Å². The van der Waals surface area contributed by atoms with Crippen LogP contribution in [0.5, 0.6) is 0 Å². The van der Waals surface area contributed by atoms with Gasteiger partial charge in [0.25, 0.3) is 0 Å². The first-order chi connectivity index (χ1) is 8.53. The minimum atomic E-state index is 0.00419. The van der Waals surface area contributed by atoms with E-state index < -0.39 is 0 Å². The van der Waals surface area contributed by atoms with E-state index in [1.165, 1.54) is 25.7 Å². The van der Waals surface area contributed by atoms with Crippen molar-refractivity contribution in [1.82, 2.24) is 0 Å². The molecule has 2 aliphatic rings. The van der Waals surface area contributed by atoms with Gasteiger partial charge in [-0.2, -0.15) is 0 Å². The molecule has 1 atom stereocenters. The highest BCUT2D eigenvalue weighted by molar-refractivity contribution is 4.74. The Balaban J connectivity index is 1.53. The third kappa shape index (κ3) is 5.68. The summed E-state index contributed by atoms with van der Waals surface area (Å²) in [5.41, 5.74) is 0.00419. The summed E-state index contributed by atoms with van der Waals surface area (Å²) in [5, 5.41) is 0. The number of epoxide rings is 1. The molecule has 2 rings (SSSR count). The Morgan fingerprint density at radius 1 is 0.944 bits per heavy atom. The lowest BCUT2D eigenvalue weighted by atomic mass is 9.83. The first-order valence-corrected chi connectivity index (χ1v) is 7.36. The third-order valence-electron chi connectivity index (χ3n) is 3.78. The summed E-state index contributed by atoms with van der Waals surface area (Å²) in [6.45, 7) is 9.94. The molecule has 3 heteroatoms. The fourth-order valence-electron chi connectivity index (χ4n) is 2.46. The number of ether oxygens (including phenoxy) is 3. The Hall–Kier alpha value is -0.120. The lowest BCUT2D eigenvalue weighted by Gasteiger charge is -2.30. The van der Waals surface area contributed by atoms with Crippen LogP contribution in [0.3, 0.4) is 0 Å². The highest BCUT2D eigenvalue weighted by Crippen LogP contribution is 2.30. The van der Waals surface area contributed by atoms with E-state index in [-0.39, 0.29) is 5.60 Å². The Labute approximate surface area is 111 Å². The lowest BCUT2D eigenvalue weighted by Crippen LogP contribution is -2.27.